The number of alkyl halides is 3. The Hall–Kier alpha value is -2.05. The van der Waals surface area contributed by atoms with Crippen LogP contribution in [0.1, 0.15) is 6.92 Å². The van der Waals surface area contributed by atoms with Crippen LogP contribution < -0.4 is 15.4 Å². The van der Waals surface area contributed by atoms with E-state index < -0.39 is 11.6 Å². The number of amides is 1. The standard InChI is InChI=1S/C15H17F3N4O3S2/c1-9(26-14-22-21-13(27-14)19-7-8-24-2)12(23)20-10-3-5-11(6-4-10)25-15(16,17)18/h3-6,9H,7-8H2,1-2H3,(H,19,21)(H,20,23). The zero-order chi connectivity index (χ0) is 19.9. The van der Waals surface area contributed by atoms with Crippen molar-refractivity contribution in [2.45, 2.75) is 22.9 Å². The van der Waals surface area contributed by atoms with Crippen LogP contribution in [0.15, 0.2) is 28.6 Å². The molecule has 7 nitrogen and oxygen atoms in total. The van der Waals surface area contributed by atoms with E-state index in [0.717, 1.165) is 12.1 Å². The summed E-state index contributed by atoms with van der Waals surface area (Å²) >= 11 is 2.54. The number of methoxy groups -OCH3 is 1. The minimum absolute atomic E-state index is 0.311. The van der Waals surface area contributed by atoms with Gasteiger partial charge in [0.05, 0.1) is 11.9 Å². The number of thioether (sulfide) groups is 1. The van der Waals surface area contributed by atoms with E-state index in [4.69, 9.17) is 4.74 Å². The number of benzene rings is 1. The molecule has 0 radical (unpaired) electrons. The second kappa shape index (κ2) is 9.76. The van der Waals surface area contributed by atoms with Crippen molar-refractivity contribution >= 4 is 39.8 Å². The molecule has 0 aliphatic carbocycles. The Morgan fingerprint density at radius 2 is 2.00 bits per heavy atom. The highest BCUT2D eigenvalue weighted by Gasteiger charge is 2.31. The van der Waals surface area contributed by atoms with Crippen LogP contribution in [0, 0.1) is 0 Å². The lowest BCUT2D eigenvalue weighted by Gasteiger charge is -2.12. The van der Waals surface area contributed by atoms with Crippen molar-refractivity contribution in [2.75, 3.05) is 30.9 Å². The molecule has 27 heavy (non-hydrogen) atoms. The molecule has 148 valence electrons. The van der Waals surface area contributed by atoms with Crippen molar-refractivity contribution in [1.82, 2.24) is 10.2 Å². The summed E-state index contributed by atoms with van der Waals surface area (Å²) in [6, 6.07) is 4.92. The second-order valence-electron chi connectivity index (χ2n) is 5.11. The zero-order valence-corrected chi connectivity index (χ0v) is 16.0. The average Bonchev–Trinajstić information content (AvgIpc) is 3.03. The molecule has 2 aromatic rings. The van der Waals surface area contributed by atoms with E-state index in [9.17, 15) is 18.0 Å². The van der Waals surface area contributed by atoms with Gasteiger partial charge in [-0.1, -0.05) is 23.1 Å². The molecule has 1 atom stereocenters. The number of nitrogens with one attached hydrogen (secondary N) is 2. The first kappa shape index (κ1) is 21.3. The van der Waals surface area contributed by atoms with E-state index in [1.807, 2.05) is 0 Å². The van der Waals surface area contributed by atoms with Gasteiger partial charge in [0.25, 0.3) is 0 Å². The van der Waals surface area contributed by atoms with E-state index in [0.29, 0.717) is 28.3 Å². The Labute approximate surface area is 161 Å². The molecule has 12 heteroatoms. The Balaban J connectivity index is 1.84. The fraction of sp³-hybridized carbons (Fsp3) is 0.400. The van der Waals surface area contributed by atoms with Crippen LogP contribution in [-0.4, -0.2) is 48.0 Å². The highest BCUT2D eigenvalue weighted by Crippen LogP contribution is 2.29. The van der Waals surface area contributed by atoms with Gasteiger partial charge < -0.3 is 20.1 Å². The molecule has 0 fully saturated rings. The first-order chi connectivity index (χ1) is 12.8. The number of ether oxygens (including phenoxy) is 2. The summed E-state index contributed by atoms with van der Waals surface area (Å²) < 4.78 is 45.7. The van der Waals surface area contributed by atoms with Gasteiger partial charge in [-0.15, -0.1) is 23.4 Å². The first-order valence-corrected chi connectivity index (χ1v) is 9.36. The number of rotatable bonds is 9. The van der Waals surface area contributed by atoms with Gasteiger partial charge in [0.15, 0.2) is 4.34 Å². The van der Waals surface area contributed by atoms with E-state index in [1.165, 1.54) is 35.2 Å². The van der Waals surface area contributed by atoms with Gasteiger partial charge in [0.2, 0.25) is 11.0 Å². The van der Waals surface area contributed by atoms with E-state index in [-0.39, 0.29) is 11.7 Å². The Morgan fingerprint density at radius 1 is 1.30 bits per heavy atom. The Bertz CT molecular complexity index is 741. The zero-order valence-electron chi connectivity index (χ0n) is 14.4. The van der Waals surface area contributed by atoms with Crippen LogP contribution in [0.25, 0.3) is 0 Å². The molecule has 0 bridgehead atoms. The minimum Gasteiger partial charge on any atom is -0.406 e. The highest BCUT2D eigenvalue weighted by molar-refractivity contribution is 8.02. The number of anilines is 2. The van der Waals surface area contributed by atoms with Crippen LogP contribution in [0.4, 0.5) is 24.0 Å². The number of carbonyl (C=O) groups excluding carboxylic acids is 1. The van der Waals surface area contributed by atoms with E-state index in [2.05, 4.69) is 25.6 Å². The Kier molecular flexibility index (Phi) is 7.68. The number of hydrogen-bond acceptors (Lipinski definition) is 8. The molecule has 0 aliphatic heterocycles. The summed E-state index contributed by atoms with van der Waals surface area (Å²) in [5.74, 6) is -0.668. The quantitative estimate of drug-likeness (QED) is 0.472. The third kappa shape index (κ3) is 7.61. The summed E-state index contributed by atoms with van der Waals surface area (Å²) in [5.41, 5.74) is 0.362. The van der Waals surface area contributed by atoms with E-state index >= 15 is 0 Å². The van der Waals surface area contributed by atoms with Gasteiger partial charge >= 0.3 is 6.36 Å². The van der Waals surface area contributed by atoms with Crippen molar-refractivity contribution in [3.63, 3.8) is 0 Å². The fourth-order valence-electron chi connectivity index (χ4n) is 1.78. The third-order valence-corrected chi connectivity index (χ3v) is 5.06. The number of carbonyl (C=O) groups is 1. The van der Waals surface area contributed by atoms with Crippen LogP contribution in [0.5, 0.6) is 5.75 Å². The molecule has 0 aliphatic rings. The fourth-order valence-corrected chi connectivity index (χ4v) is 3.70. The van der Waals surface area contributed by atoms with Gasteiger partial charge in [0, 0.05) is 19.3 Å². The molecular formula is C15H17F3N4O3S2. The van der Waals surface area contributed by atoms with Gasteiger partial charge in [0.1, 0.15) is 5.75 Å². The predicted molar refractivity (Wildman–Crippen MR) is 97.3 cm³/mol. The molecule has 1 heterocycles. The number of halogens is 3. The molecule has 1 aromatic heterocycles. The first-order valence-electron chi connectivity index (χ1n) is 7.66. The minimum atomic E-state index is -4.76. The lowest BCUT2D eigenvalue weighted by molar-refractivity contribution is -0.274. The molecular weight excluding hydrogens is 405 g/mol. The maximum Gasteiger partial charge on any atom is 0.573 e. The third-order valence-electron chi connectivity index (χ3n) is 2.99. The smallest absolute Gasteiger partial charge is 0.406 e. The van der Waals surface area contributed by atoms with Gasteiger partial charge in [-0.3, -0.25) is 4.79 Å². The van der Waals surface area contributed by atoms with E-state index in [1.54, 1.807) is 14.0 Å². The monoisotopic (exact) mass is 422 g/mol. The van der Waals surface area contributed by atoms with Gasteiger partial charge in [-0.05, 0) is 31.2 Å². The molecule has 2 rings (SSSR count). The maximum absolute atomic E-state index is 12.2. The highest BCUT2D eigenvalue weighted by atomic mass is 32.2. The predicted octanol–water partition coefficient (Wildman–Crippen LogP) is 3.61. The topological polar surface area (TPSA) is 85.4 Å². The molecule has 0 spiro atoms. The lowest BCUT2D eigenvalue weighted by atomic mass is 10.3. The maximum atomic E-state index is 12.2. The van der Waals surface area contributed by atoms with Crippen molar-refractivity contribution in [2.24, 2.45) is 0 Å². The molecule has 2 N–H and O–H groups in total. The van der Waals surface area contributed by atoms with Crippen molar-refractivity contribution in [1.29, 1.82) is 0 Å². The van der Waals surface area contributed by atoms with Crippen LogP contribution >= 0.6 is 23.1 Å². The summed E-state index contributed by atoms with van der Waals surface area (Å²) in [6.07, 6.45) is -4.76. The summed E-state index contributed by atoms with van der Waals surface area (Å²) in [5, 5.41) is 13.8. The van der Waals surface area contributed by atoms with Gasteiger partial charge in [-0.2, -0.15) is 0 Å². The van der Waals surface area contributed by atoms with Crippen LogP contribution in [0.2, 0.25) is 0 Å². The number of nitrogens with zero attached hydrogens (tertiary/aromatic N) is 2. The van der Waals surface area contributed by atoms with Crippen molar-refractivity contribution < 1.29 is 27.4 Å². The molecule has 0 saturated heterocycles. The number of hydrogen-bond donors (Lipinski definition) is 2. The molecule has 0 saturated carbocycles. The summed E-state index contributed by atoms with van der Waals surface area (Å²) in [7, 11) is 1.60. The second-order valence-corrected chi connectivity index (χ2v) is 7.68. The molecule has 1 amide bonds. The average molecular weight is 422 g/mol. The summed E-state index contributed by atoms with van der Waals surface area (Å²) in [6.45, 7) is 2.83. The van der Waals surface area contributed by atoms with Crippen molar-refractivity contribution in [3.8, 4) is 5.75 Å². The largest absolute Gasteiger partial charge is 0.573 e. The van der Waals surface area contributed by atoms with Crippen LogP contribution in [0.3, 0.4) is 0 Å². The molecule has 1 unspecified atom stereocenters. The number of aromatic nitrogens is 2. The summed E-state index contributed by atoms with van der Waals surface area (Å²) in [4.78, 5) is 12.2. The van der Waals surface area contributed by atoms with Crippen LogP contribution in [-0.2, 0) is 9.53 Å². The molecule has 1 aromatic carbocycles. The Morgan fingerprint density at radius 3 is 2.63 bits per heavy atom. The van der Waals surface area contributed by atoms with Gasteiger partial charge in [-0.25, -0.2) is 0 Å². The normalized spacial score (nSPS) is 12.5. The SMILES string of the molecule is COCCNc1nnc(SC(C)C(=O)Nc2ccc(OC(F)(F)F)cc2)s1. The van der Waals surface area contributed by atoms with Crippen molar-refractivity contribution in [3.05, 3.63) is 24.3 Å². The lowest BCUT2D eigenvalue weighted by Crippen LogP contribution is -2.22.